The summed E-state index contributed by atoms with van der Waals surface area (Å²) in [5.74, 6) is 0.284. The summed E-state index contributed by atoms with van der Waals surface area (Å²) in [6.07, 6.45) is 1.82. The van der Waals surface area contributed by atoms with Crippen LogP contribution in [-0.4, -0.2) is 43.5 Å². The van der Waals surface area contributed by atoms with E-state index in [0.717, 1.165) is 6.54 Å². The highest BCUT2D eigenvalue weighted by Gasteiger charge is 2.34. The summed E-state index contributed by atoms with van der Waals surface area (Å²) in [6, 6.07) is 0.108. The first kappa shape index (κ1) is 10.7. The molecule has 4 heteroatoms. The van der Waals surface area contributed by atoms with Crippen LogP contribution >= 0.6 is 0 Å². The number of nitrogens with zero attached hydrogens (tertiary/aromatic N) is 1. The Morgan fingerprint density at radius 1 is 1.54 bits per heavy atom. The molecule has 0 aliphatic carbocycles. The largest absolute Gasteiger partial charge is 0.295 e. The standard InChI is InChI=1S/C9H17NO2S/c1-4-5-10-6-7-13(11,12)9(3)8(10)2/h4,8-9H,1,5-7H2,2-3H3. The predicted octanol–water partition coefficient (Wildman–Crippen LogP) is 0.680. The van der Waals surface area contributed by atoms with Crippen LogP contribution in [0.2, 0.25) is 0 Å². The van der Waals surface area contributed by atoms with Gasteiger partial charge >= 0.3 is 0 Å². The van der Waals surface area contributed by atoms with E-state index < -0.39 is 9.84 Å². The van der Waals surface area contributed by atoms with Gasteiger partial charge in [-0.3, -0.25) is 4.90 Å². The van der Waals surface area contributed by atoms with Crippen LogP contribution in [0, 0.1) is 0 Å². The SMILES string of the molecule is C=CCN1CCS(=O)(=O)C(C)C1C. The molecule has 1 fully saturated rings. The van der Waals surface area contributed by atoms with Crippen molar-refractivity contribution in [3.63, 3.8) is 0 Å². The van der Waals surface area contributed by atoms with Crippen LogP contribution in [-0.2, 0) is 9.84 Å². The first-order valence-corrected chi connectivity index (χ1v) is 6.27. The molecule has 0 saturated carbocycles. The fourth-order valence-corrected chi connectivity index (χ4v) is 3.29. The minimum atomic E-state index is -2.84. The third-order valence-corrected chi connectivity index (χ3v) is 5.13. The Kier molecular flexibility index (Phi) is 3.14. The topological polar surface area (TPSA) is 37.4 Å². The van der Waals surface area contributed by atoms with Crippen molar-refractivity contribution in [3.05, 3.63) is 12.7 Å². The third kappa shape index (κ3) is 2.11. The quantitative estimate of drug-likeness (QED) is 0.619. The van der Waals surface area contributed by atoms with E-state index in [2.05, 4.69) is 11.5 Å². The molecule has 1 heterocycles. The lowest BCUT2D eigenvalue weighted by atomic mass is 10.2. The zero-order valence-electron chi connectivity index (χ0n) is 8.23. The Balaban J connectivity index is 2.76. The van der Waals surface area contributed by atoms with Crippen molar-refractivity contribution in [1.29, 1.82) is 0 Å². The van der Waals surface area contributed by atoms with Gasteiger partial charge in [0.1, 0.15) is 0 Å². The molecule has 0 bridgehead atoms. The van der Waals surface area contributed by atoms with Gasteiger partial charge in [-0.2, -0.15) is 0 Å². The first-order chi connectivity index (χ1) is 5.99. The lowest BCUT2D eigenvalue weighted by Crippen LogP contribution is -2.51. The molecule has 0 spiro atoms. The lowest BCUT2D eigenvalue weighted by molar-refractivity contribution is 0.228. The van der Waals surface area contributed by atoms with Gasteiger partial charge in [0, 0.05) is 19.1 Å². The Bertz CT molecular complexity index is 284. The Hall–Kier alpha value is -0.350. The van der Waals surface area contributed by atoms with Crippen LogP contribution < -0.4 is 0 Å². The minimum Gasteiger partial charge on any atom is -0.295 e. The van der Waals surface area contributed by atoms with Gasteiger partial charge in [0.05, 0.1) is 11.0 Å². The molecule has 0 amide bonds. The third-order valence-electron chi connectivity index (χ3n) is 2.85. The van der Waals surface area contributed by atoms with E-state index in [1.165, 1.54) is 0 Å². The van der Waals surface area contributed by atoms with Gasteiger partial charge in [0.25, 0.3) is 0 Å². The molecule has 1 aliphatic rings. The van der Waals surface area contributed by atoms with Gasteiger partial charge in [0.15, 0.2) is 9.84 Å². The molecule has 13 heavy (non-hydrogen) atoms. The van der Waals surface area contributed by atoms with Crippen molar-refractivity contribution in [3.8, 4) is 0 Å². The molecule has 1 saturated heterocycles. The highest BCUT2D eigenvalue weighted by Crippen LogP contribution is 2.18. The molecular weight excluding hydrogens is 186 g/mol. The number of rotatable bonds is 2. The summed E-state index contributed by atoms with van der Waals surface area (Å²) in [5, 5.41) is -0.249. The first-order valence-electron chi connectivity index (χ1n) is 4.55. The maximum atomic E-state index is 11.5. The van der Waals surface area contributed by atoms with Crippen molar-refractivity contribution >= 4 is 9.84 Å². The van der Waals surface area contributed by atoms with Crippen LogP contribution in [0.3, 0.4) is 0 Å². The van der Waals surface area contributed by atoms with E-state index >= 15 is 0 Å². The molecule has 0 aromatic heterocycles. The van der Waals surface area contributed by atoms with E-state index in [0.29, 0.717) is 6.54 Å². The molecule has 0 radical (unpaired) electrons. The summed E-state index contributed by atoms with van der Waals surface area (Å²) in [6.45, 7) is 8.83. The van der Waals surface area contributed by atoms with E-state index in [4.69, 9.17) is 0 Å². The summed E-state index contributed by atoms with van der Waals surface area (Å²) >= 11 is 0. The second kappa shape index (κ2) is 3.80. The van der Waals surface area contributed by atoms with E-state index in [-0.39, 0.29) is 17.0 Å². The molecule has 76 valence electrons. The maximum absolute atomic E-state index is 11.5. The molecular formula is C9H17NO2S. The molecule has 1 rings (SSSR count). The van der Waals surface area contributed by atoms with Crippen LogP contribution in [0.15, 0.2) is 12.7 Å². The molecule has 0 aromatic rings. The van der Waals surface area contributed by atoms with E-state index in [1.54, 1.807) is 6.92 Å². The average Bonchev–Trinajstić information content (AvgIpc) is 2.07. The Morgan fingerprint density at radius 3 is 2.69 bits per heavy atom. The fourth-order valence-electron chi connectivity index (χ4n) is 1.65. The van der Waals surface area contributed by atoms with Crippen molar-refractivity contribution in [2.24, 2.45) is 0 Å². The molecule has 1 aliphatic heterocycles. The summed E-state index contributed by atoms with van der Waals surface area (Å²) < 4.78 is 23.0. The van der Waals surface area contributed by atoms with Crippen LogP contribution in [0.4, 0.5) is 0 Å². The van der Waals surface area contributed by atoms with Crippen molar-refractivity contribution in [2.45, 2.75) is 25.1 Å². The molecule has 0 N–H and O–H groups in total. The number of hydrogen-bond donors (Lipinski definition) is 0. The monoisotopic (exact) mass is 203 g/mol. The van der Waals surface area contributed by atoms with Crippen molar-refractivity contribution in [2.75, 3.05) is 18.8 Å². The van der Waals surface area contributed by atoms with Gasteiger partial charge in [-0.15, -0.1) is 6.58 Å². The van der Waals surface area contributed by atoms with Crippen LogP contribution in [0.25, 0.3) is 0 Å². The van der Waals surface area contributed by atoms with E-state index in [9.17, 15) is 8.42 Å². The molecule has 2 unspecified atom stereocenters. The van der Waals surface area contributed by atoms with Crippen LogP contribution in [0.5, 0.6) is 0 Å². The predicted molar refractivity (Wildman–Crippen MR) is 54.5 cm³/mol. The smallest absolute Gasteiger partial charge is 0.155 e. The second-order valence-corrected chi connectivity index (χ2v) is 6.07. The molecule has 0 aromatic carbocycles. The Morgan fingerprint density at radius 2 is 2.15 bits per heavy atom. The summed E-state index contributed by atoms with van der Waals surface area (Å²) in [5.41, 5.74) is 0. The van der Waals surface area contributed by atoms with E-state index in [1.807, 2.05) is 13.0 Å². The van der Waals surface area contributed by atoms with Gasteiger partial charge in [-0.05, 0) is 13.8 Å². The zero-order chi connectivity index (χ0) is 10.1. The number of hydrogen-bond acceptors (Lipinski definition) is 3. The highest BCUT2D eigenvalue weighted by atomic mass is 32.2. The second-order valence-electron chi connectivity index (χ2n) is 3.60. The summed E-state index contributed by atoms with van der Waals surface area (Å²) in [7, 11) is -2.84. The molecule has 3 nitrogen and oxygen atoms in total. The average molecular weight is 203 g/mol. The summed E-state index contributed by atoms with van der Waals surface area (Å²) in [4.78, 5) is 2.15. The van der Waals surface area contributed by atoms with Gasteiger partial charge in [-0.1, -0.05) is 6.08 Å². The number of sulfone groups is 1. The minimum absolute atomic E-state index is 0.108. The van der Waals surface area contributed by atoms with Crippen molar-refractivity contribution < 1.29 is 8.42 Å². The van der Waals surface area contributed by atoms with Crippen molar-refractivity contribution in [1.82, 2.24) is 4.90 Å². The van der Waals surface area contributed by atoms with Gasteiger partial charge in [0.2, 0.25) is 0 Å². The normalized spacial score (nSPS) is 34.3. The van der Waals surface area contributed by atoms with Crippen LogP contribution in [0.1, 0.15) is 13.8 Å². The van der Waals surface area contributed by atoms with Gasteiger partial charge in [-0.25, -0.2) is 8.42 Å². The van der Waals surface area contributed by atoms with Gasteiger partial charge < -0.3 is 0 Å². The highest BCUT2D eigenvalue weighted by molar-refractivity contribution is 7.92. The fraction of sp³-hybridized carbons (Fsp3) is 0.778. The lowest BCUT2D eigenvalue weighted by Gasteiger charge is -2.36. The Labute approximate surface area is 80.3 Å². The zero-order valence-corrected chi connectivity index (χ0v) is 9.05. The maximum Gasteiger partial charge on any atom is 0.155 e. The molecule has 2 atom stereocenters.